The van der Waals surface area contributed by atoms with E-state index in [1.165, 1.54) is 0 Å². The van der Waals surface area contributed by atoms with Gasteiger partial charge in [-0.15, -0.1) is 0 Å². The molecule has 0 aliphatic carbocycles. The van der Waals surface area contributed by atoms with Crippen LogP contribution in [0.4, 0.5) is 0 Å². The Morgan fingerprint density at radius 1 is 1.34 bits per heavy atom. The van der Waals surface area contributed by atoms with Gasteiger partial charge in [-0.3, -0.25) is 4.79 Å². The minimum Gasteiger partial charge on any atom is -0.748 e. The van der Waals surface area contributed by atoms with Gasteiger partial charge in [0.15, 0.2) is 6.04 Å². The number of amides is 1. The van der Waals surface area contributed by atoms with Gasteiger partial charge in [-0.05, 0) is 18.6 Å². The number of rotatable bonds is 9. The zero-order chi connectivity index (χ0) is 24.5. The molecule has 32 heavy (non-hydrogen) atoms. The fraction of sp³-hybridized carbons (Fsp3) is 0.450. The molecule has 1 heterocycles. The minimum atomic E-state index is -3.92. The molecule has 0 aliphatic heterocycles. The number of fused-ring (bicyclic) bond motifs is 1. The van der Waals surface area contributed by atoms with E-state index < -0.39 is 40.1 Å². The predicted octanol–water partition coefficient (Wildman–Crippen LogP) is -1.54. The maximum atomic E-state index is 12.5. The molecule has 2 aromatic rings. The Labute approximate surface area is 186 Å². The summed E-state index contributed by atoms with van der Waals surface area (Å²) in [7, 11) is -1.99. The number of carbonyl (C=O) groups excluding carboxylic acids is 3. The number of ether oxygens (including phenoxy) is 1. The number of hydrogen-bond acceptors (Lipinski definition) is 8. The van der Waals surface area contributed by atoms with Crippen molar-refractivity contribution < 1.29 is 37.8 Å². The zero-order valence-electron chi connectivity index (χ0n) is 18.3. The summed E-state index contributed by atoms with van der Waals surface area (Å²) < 4.78 is 34.3. The molecule has 1 aromatic heterocycles. The van der Waals surface area contributed by atoms with Crippen LogP contribution >= 0.6 is 0 Å². The molecule has 1 amide bonds. The number of para-hydroxylation sites is 1. The predicted molar refractivity (Wildman–Crippen MR) is 116 cm³/mol. The zero-order valence-corrected chi connectivity index (χ0v) is 19.1. The summed E-state index contributed by atoms with van der Waals surface area (Å²) >= 11 is 0. The van der Waals surface area contributed by atoms with Crippen molar-refractivity contribution in [2.45, 2.75) is 37.9 Å². The lowest BCUT2D eigenvalue weighted by Crippen LogP contribution is -2.75. The molecule has 0 aliphatic rings. The van der Waals surface area contributed by atoms with Gasteiger partial charge < -0.3 is 35.4 Å². The van der Waals surface area contributed by atoms with E-state index in [1.54, 1.807) is 6.92 Å². The molecule has 0 spiro atoms. The fourth-order valence-electron chi connectivity index (χ4n) is 2.99. The molecular weight excluding hydrogens is 440 g/mol. The van der Waals surface area contributed by atoms with Crippen molar-refractivity contribution in [3.8, 4) is 0 Å². The van der Waals surface area contributed by atoms with E-state index >= 15 is 0 Å². The van der Waals surface area contributed by atoms with Crippen molar-refractivity contribution in [2.24, 2.45) is 12.8 Å². The summed E-state index contributed by atoms with van der Waals surface area (Å²) in [6, 6.07) is 5.41. The lowest BCUT2D eigenvalue weighted by molar-refractivity contribution is -0.408. The first-order chi connectivity index (χ1) is 14.9. The van der Waals surface area contributed by atoms with Gasteiger partial charge in [0.05, 0.1) is 22.8 Å². The molecular formula is C20H30N4O7S. The second-order valence-corrected chi connectivity index (χ2v) is 8.58. The Hall–Kier alpha value is -2.80. The standard InChI is InChI=1S/C19H26N4O4.CH4O3S/c1-3-27-19(26)15(22-18(25)17(21)14(20)8-9-24)10-12-11-23(2)16-7-5-4-6-13(12)16;1-5(2,3)4/h4-7,9,11,14-15,17H,3,8,10,20-21H2,1-2H3,(H,22,25);1H3,(H,2,3,4)/t14?,15-,17+;/m1./s1. The Bertz CT molecular complexity index is 1030. The molecule has 12 heteroatoms. The van der Waals surface area contributed by atoms with Crippen LogP contribution in [-0.2, 0) is 42.7 Å². The summed E-state index contributed by atoms with van der Waals surface area (Å²) in [5.74, 6) is -1.00. The van der Waals surface area contributed by atoms with Crippen LogP contribution in [-0.4, -0.2) is 66.7 Å². The fourth-order valence-corrected chi connectivity index (χ4v) is 2.99. The largest absolute Gasteiger partial charge is 0.748 e. The van der Waals surface area contributed by atoms with Crippen molar-refractivity contribution in [3.05, 3.63) is 36.0 Å². The number of nitrogens with two attached hydrogens (primary N) is 1. The summed E-state index contributed by atoms with van der Waals surface area (Å²) in [6.45, 7) is 1.91. The molecule has 0 saturated carbocycles. The maximum Gasteiger partial charge on any atom is 0.328 e. The number of aldehydes is 1. The van der Waals surface area contributed by atoms with Gasteiger partial charge in [-0.1, -0.05) is 18.2 Å². The van der Waals surface area contributed by atoms with E-state index in [0.717, 1.165) is 16.5 Å². The normalized spacial score (nSPS) is 13.9. The van der Waals surface area contributed by atoms with Gasteiger partial charge in [0.1, 0.15) is 12.3 Å². The van der Waals surface area contributed by atoms with Gasteiger partial charge >= 0.3 is 5.97 Å². The highest BCUT2D eigenvalue weighted by molar-refractivity contribution is 7.84. The van der Waals surface area contributed by atoms with Crippen molar-refractivity contribution in [3.63, 3.8) is 0 Å². The second-order valence-electron chi connectivity index (χ2n) is 7.18. The van der Waals surface area contributed by atoms with Crippen LogP contribution in [0.15, 0.2) is 30.5 Å². The van der Waals surface area contributed by atoms with E-state index in [2.05, 4.69) is 11.1 Å². The molecule has 11 nitrogen and oxygen atoms in total. The molecule has 0 radical (unpaired) electrons. The first kappa shape index (κ1) is 27.2. The third kappa shape index (κ3) is 8.75. The third-order valence-electron chi connectivity index (χ3n) is 4.51. The topological polar surface area (TPSA) is 188 Å². The van der Waals surface area contributed by atoms with Crippen molar-refractivity contribution in [2.75, 3.05) is 12.9 Å². The SMILES string of the molecule is CCOC(=O)[C@@H](Cc1cn(C)c2ccccc12)NC(=O)[C@@H]([NH3+])C(N)CC=O.CS(=O)(=O)[O-]. The van der Waals surface area contributed by atoms with Gasteiger partial charge in [0.2, 0.25) is 0 Å². The number of hydrogen-bond donors (Lipinski definition) is 3. The average Bonchev–Trinajstić information content (AvgIpc) is 3.01. The maximum absolute atomic E-state index is 12.5. The molecule has 0 bridgehead atoms. The van der Waals surface area contributed by atoms with Gasteiger partial charge in [0.25, 0.3) is 5.91 Å². The number of nitrogens with zero attached hydrogens (tertiary/aromatic N) is 1. The summed E-state index contributed by atoms with van der Waals surface area (Å²) in [5.41, 5.74) is 11.5. The molecule has 3 atom stereocenters. The number of esters is 1. The first-order valence-electron chi connectivity index (χ1n) is 9.82. The average molecular weight is 471 g/mol. The monoisotopic (exact) mass is 470 g/mol. The minimum absolute atomic E-state index is 0.0228. The first-order valence-corrected chi connectivity index (χ1v) is 11.6. The van der Waals surface area contributed by atoms with Crippen LogP contribution in [0.5, 0.6) is 0 Å². The lowest BCUT2D eigenvalue weighted by Gasteiger charge is -2.20. The van der Waals surface area contributed by atoms with Gasteiger partial charge in [0, 0.05) is 43.2 Å². The highest BCUT2D eigenvalue weighted by Gasteiger charge is 2.30. The molecule has 1 unspecified atom stereocenters. The lowest BCUT2D eigenvalue weighted by atomic mass is 10.0. The molecule has 6 N–H and O–H groups in total. The highest BCUT2D eigenvalue weighted by atomic mass is 32.2. The summed E-state index contributed by atoms with van der Waals surface area (Å²) in [4.78, 5) is 35.5. The Kier molecular flexibility index (Phi) is 10.5. The highest BCUT2D eigenvalue weighted by Crippen LogP contribution is 2.21. The number of aryl methyl sites for hydroxylation is 1. The Morgan fingerprint density at radius 3 is 2.50 bits per heavy atom. The van der Waals surface area contributed by atoms with Gasteiger partial charge in [-0.25, -0.2) is 13.2 Å². The van der Waals surface area contributed by atoms with E-state index in [9.17, 15) is 14.4 Å². The number of benzene rings is 1. The van der Waals surface area contributed by atoms with E-state index in [0.29, 0.717) is 12.5 Å². The number of carbonyl (C=O) groups is 3. The molecule has 0 saturated heterocycles. The van der Waals surface area contributed by atoms with E-state index in [4.69, 9.17) is 23.4 Å². The summed E-state index contributed by atoms with van der Waals surface area (Å²) in [6.07, 6.45) is 3.49. The quantitative estimate of drug-likeness (QED) is 0.223. The van der Waals surface area contributed by atoms with Crippen LogP contribution in [0.2, 0.25) is 0 Å². The van der Waals surface area contributed by atoms with Gasteiger partial charge in [-0.2, -0.15) is 0 Å². The van der Waals surface area contributed by atoms with Crippen LogP contribution < -0.4 is 16.8 Å². The van der Waals surface area contributed by atoms with Crippen molar-refractivity contribution in [1.82, 2.24) is 9.88 Å². The van der Waals surface area contributed by atoms with E-state index in [-0.39, 0.29) is 19.4 Å². The van der Waals surface area contributed by atoms with Crippen LogP contribution in [0.3, 0.4) is 0 Å². The molecule has 0 fully saturated rings. The smallest absolute Gasteiger partial charge is 0.328 e. The third-order valence-corrected chi connectivity index (χ3v) is 4.51. The number of quaternary nitrogens is 1. The Balaban J connectivity index is 0.000000920. The number of nitrogens with one attached hydrogen (secondary N) is 1. The molecule has 2 rings (SSSR count). The van der Waals surface area contributed by atoms with Crippen molar-refractivity contribution >= 4 is 39.2 Å². The number of aromatic nitrogens is 1. The van der Waals surface area contributed by atoms with E-state index in [1.807, 2.05) is 42.1 Å². The summed E-state index contributed by atoms with van der Waals surface area (Å²) in [5, 5.41) is 3.69. The second kappa shape index (κ2) is 12.3. The Morgan fingerprint density at radius 2 is 1.94 bits per heavy atom. The van der Waals surface area contributed by atoms with Crippen LogP contribution in [0, 0.1) is 0 Å². The molecule has 1 aromatic carbocycles. The molecule has 178 valence electrons. The van der Waals surface area contributed by atoms with Crippen molar-refractivity contribution in [1.29, 1.82) is 0 Å². The van der Waals surface area contributed by atoms with Crippen LogP contribution in [0.1, 0.15) is 18.9 Å². The van der Waals surface area contributed by atoms with Crippen LogP contribution in [0.25, 0.3) is 10.9 Å².